The highest BCUT2D eigenvalue weighted by Crippen LogP contribution is 2.37. The SMILES string of the molecule is O=[N+]([O-])c1ccccc1-c1ccc2[nH]c3nc(-c4ccccc4)n(-c4ccccc4)c3c2c1. The van der Waals surface area contributed by atoms with E-state index in [4.69, 9.17) is 4.98 Å². The Morgan fingerprint density at radius 3 is 2.24 bits per heavy atom. The second kappa shape index (κ2) is 7.46. The maximum absolute atomic E-state index is 11.6. The number of H-pyrrole nitrogens is 1. The zero-order valence-electron chi connectivity index (χ0n) is 17.5. The maximum atomic E-state index is 11.6. The number of fused-ring (bicyclic) bond motifs is 3. The van der Waals surface area contributed by atoms with E-state index in [0.29, 0.717) is 5.56 Å². The number of para-hydroxylation sites is 2. The van der Waals surface area contributed by atoms with Gasteiger partial charge in [0.25, 0.3) is 5.69 Å². The fourth-order valence-electron chi connectivity index (χ4n) is 4.39. The van der Waals surface area contributed by atoms with Gasteiger partial charge >= 0.3 is 0 Å². The molecule has 0 saturated heterocycles. The Balaban J connectivity index is 1.67. The van der Waals surface area contributed by atoms with Crippen molar-refractivity contribution in [2.75, 3.05) is 0 Å². The summed E-state index contributed by atoms with van der Waals surface area (Å²) in [6.45, 7) is 0. The minimum atomic E-state index is -0.339. The lowest BCUT2D eigenvalue weighted by Gasteiger charge is -2.10. The third-order valence-corrected chi connectivity index (χ3v) is 5.86. The molecule has 2 aromatic heterocycles. The summed E-state index contributed by atoms with van der Waals surface area (Å²) in [6.07, 6.45) is 0. The molecule has 0 aliphatic heterocycles. The van der Waals surface area contributed by atoms with Crippen molar-refractivity contribution in [3.8, 4) is 28.2 Å². The number of hydrogen-bond acceptors (Lipinski definition) is 3. The van der Waals surface area contributed by atoms with E-state index < -0.39 is 0 Å². The van der Waals surface area contributed by atoms with Crippen LogP contribution in [-0.2, 0) is 0 Å². The fourth-order valence-corrected chi connectivity index (χ4v) is 4.39. The molecule has 158 valence electrons. The minimum absolute atomic E-state index is 0.0881. The van der Waals surface area contributed by atoms with Crippen LogP contribution in [0.3, 0.4) is 0 Å². The van der Waals surface area contributed by atoms with Gasteiger partial charge in [0.1, 0.15) is 5.82 Å². The first-order chi connectivity index (χ1) is 16.2. The molecule has 33 heavy (non-hydrogen) atoms. The summed E-state index contributed by atoms with van der Waals surface area (Å²) in [7, 11) is 0. The zero-order valence-corrected chi connectivity index (χ0v) is 17.5. The molecule has 6 aromatic rings. The molecule has 6 heteroatoms. The van der Waals surface area contributed by atoms with Crippen LogP contribution in [0.15, 0.2) is 103 Å². The molecular weight excluding hydrogens is 412 g/mol. The average molecular weight is 430 g/mol. The van der Waals surface area contributed by atoms with Gasteiger partial charge in [0.05, 0.1) is 16.0 Å². The van der Waals surface area contributed by atoms with Crippen molar-refractivity contribution >= 4 is 27.8 Å². The minimum Gasteiger partial charge on any atom is -0.338 e. The number of imidazole rings is 1. The van der Waals surface area contributed by atoms with Crippen LogP contribution in [0.1, 0.15) is 0 Å². The van der Waals surface area contributed by atoms with Crippen LogP contribution in [-0.4, -0.2) is 19.5 Å². The van der Waals surface area contributed by atoms with Crippen LogP contribution >= 0.6 is 0 Å². The molecule has 0 unspecified atom stereocenters. The number of nitro groups is 1. The molecule has 0 atom stereocenters. The Morgan fingerprint density at radius 1 is 0.788 bits per heavy atom. The predicted octanol–water partition coefficient (Wildman–Crippen LogP) is 6.75. The third kappa shape index (κ3) is 3.08. The van der Waals surface area contributed by atoms with Gasteiger partial charge in [-0.2, -0.15) is 0 Å². The van der Waals surface area contributed by atoms with Gasteiger partial charge in [-0.1, -0.05) is 66.7 Å². The van der Waals surface area contributed by atoms with E-state index in [1.807, 2.05) is 72.8 Å². The molecule has 0 aliphatic carbocycles. The van der Waals surface area contributed by atoms with Gasteiger partial charge < -0.3 is 4.98 Å². The summed E-state index contributed by atoms with van der Waals surface area (Å²) < 4.78 is 2.15. The summed E-state index contributed by atoms with van der Waals surface area (Å²) in [5.74, 6) is 0.834. The highest BCUT2D eigenvalue weighted by atomic mass is 16.6. The Hall–Kier alpha value is -4.71. The van der Waals surface area contributed by atoms with Crippen LogP contribution in [0.2, 0.25) is 0 Å². The first-order valence-corrected chi connectivity index (χ1v) is 10.6. The standard InChI is InChI=1S/C27H18N4O2/c32-31(33)24-14-8-7-13-21(24)19-15-16-23-22(17-19)25-26(28-23)29-27(18-9-3-1-4-10-18)30(25)20-11-5-2-6-12-20/h1-17,28H. The van der Waals surface area contributed by atoms with E-state index in [1.54, 1.807) is 12.1 Å². The molecule has 4 aromatic carbocycles. The average Bonchev–Trinajstić information content (AvgIpc) is 3.41. The van der Waals surface area contributed by atoms with E-state index in [2.05, 4.69) is 21.7 Å². The lowest BCUT2D eigenvalue weighted by Crippen LogP contribution is -1.97. The Kier molecular flexibility index (Phi) is 4.30. The lowest BCUT2D eigenvalue weighted by molar-refractivity contribution is -0.384. The number of hydrogen-bond donors (Lipinski definition) is 1. The number of benzene rings is 4. The first kappa shape index (κ1) is 19.0. The van der Waals surface area contributed by atoms with Crippen LogP contribution in [0.4, 0.5) is 5.69 Å². The van der Waals surface area contributed by atoms with E-state index in [-0.39, 0.29) is 10.6 Å². The van der Waals surface area contributed by atoms with Crippen molar-refractivity contribution in [3.63, 3.8) is 0 Å². The van der Waals surface area contributed by atoms with Gasteiger partial charge in [0, 0.05) is 28.2 Å². The molecule has 0 radical (unpaired) electrons. The van der Waals surface area contributed by atoms with Gasteiger partial charge in [0.2, 0.25) is 0 Å². The molecular formula is C27H18N4O2. The molecule has 0 amide bonds. The number of rotatable bonds is 4. The van der Waals surface area contributed by atoms with Crippen molar-refractivity contribution in [3.05, 3.63) is 113 Å². The molecule has 0 saturated carbocycles. The summed E-state index contributed by atoms with van der Waals surface area (Å²) in [5.41, 5.74) is 6.11. The van der Waals surface area contributed by atoms with E-state index in [1.165, 1.54) is 6.07 Å². The summed E-state index contributed by atoms with van der Waals surface area (Å²) in [6, 6.07) is 32.9. The molecule has 0 aliphatic rings. The summed E-state index contributed by atoms with van der Waals surface area (Å²) in [5, 5.41) is 12.6. The van der Waals surface area contributed by atoms with Crippen LogP contribution in [0.25, 0.3) is 50.3 Å². The third-order valence-electron chi connectivity index (χ3n) is 5.86. The van der Waals surface area contributed by atoms with Crippen molar-refractivity contribution in [1.82, 2.24) is 14.5 Å². The second-order valence-electron chi connectivity index (χ2n) is 7.83. The molecule has 6 nitrogen and oxygen atoms in total. The number of aromatic nitrogens is 3. The van der Waals surface area contributed by atoms with E-state index in [0.717, 1.165) is 44.7 Å². The number of nitrogens with one attached hydrogen (secondary N) is 1. The van der Waals surface area contributed by atoms with E-state index in [9.17, 15) is 10.1 Å². The number of aromatic amines is 1. The lowest BCUT2D eigenvalue weighted by atomic mass is 10.0. The smallest absolute Gasteiger partial charge is 0.277 e. The normalized spacial score (nSPS) is 11.3. The second-order valence-corrected chi connectivity index (χ2v) is 7.83. The number of nitrogens with zero attached hydrogens (tertiary/aromatic N) is 3. The summed E-state index contributed by atoms with van der Waals surface area (Å²) >= 11 is 0. The molecule has 0 fully saturated rings. The summed E-state index contributed by atoms with van der Waals surface area (Å²) in [4.78, 5) is 19.6. The maximum Gasteiger partial charge on any atom is 0.277 e. The van der Waals surface area contributed by atoms with Crippen molar-refractivity contribution in [2.45, 2.75) is 0 Å². The van der Waals surface area contributed by atoms with Crippen molar-refractivity contribution < 1.29 is 4.92 Å². The molecule has 6 rings (SSSR count). The highest BCUT2D eigenvalue weighted by Gasteiger charge is 2.20. The van der Waals surface area contributed by atoms with Gasteiger partial charge in [-0.15, -0.1) is 0 Å². The molecule has 0 bridgehead atoms. The molecule has 0 spiro atoms. The Bertz CT molecular complexity index is 1630. The molecule has 2 heterocycles. The fraction of sp³-hybridized carbons (Fsp3) is 0. The monoisotopic (exact) mass is 430 g/mol. The van der Waals surface area contributed by atoms with Crippen LogP contribution in [0.5, 0.6) is 0 Å². The van der Waals surface area contributed by atoms with Crippen LogP contribution in [0, 0.1) is 10.1 Å². The van der Waals surface area contributed by atoms with Crippen LogP contribution < -0.4 is 0 Å². The Morgan fingerprint density at radius 2 is 1.48 bits per heavy atom. The van der Waals surface area contributed by atoms with Gasteiger partial charge in [-0.25, -0.2) is 4.98 Å². The topological polar surface area (TPSA) is 76.8 Å². The van der Waals surface area contributed by atoms with Gasteiger partial charge in [-0.05, 0) is 35.9 Å². The van der Waals surface area contributed by atoms with Crippen molar-refractivity contribution in [1.29, 1.82) is 0 Å². The van der Waals surface area contributed by atoms with Gasteiger partial charge in [-0.3, -0.25) is 14.7 Å². The van der Waals surface area contributed by atoms with Crippen molar-refractivity contribution in [2.24, 2.45) is 0 Å². The first-order valence-electron chi connectivity index (χ1n) is 10.6. The molecule has 1 N–H and O–H groups in total. The Labute approximate surface area is 188 Å². The predicted molar refractivity (Wildman–Crippen MR) is 130 cm³/mol. The number of nitro benzene ring substituents is 1. The van der Waals surface area contributed by atoms with E-state index >= 15 is 0 Å². The zero-order chi connectivity index (χ0) is 22.4. The van der Waals surface area contributed by atoms with Gasteiger partial charge in [0.15, 0.2) is 5.65 Å². The quantitative estimate of drug-likeness (QED) is 0.248. The highest BCUT2D eigenvalue weighted by molar-refractivity contribution is 6.07. The largest absolute Gasteiger partial charge is 0.338 e.